The molecular formula is C30H62O3. The zero-order chi connectivity index (χ0) is 24.4. The molecule has 0 fully saturated rings. The first-order chi connectivity index (χ1) is 16.2. The highest BCUT2D eigenvalue weighted by Gasteiger charge is 2.27. The molecule has 3 N–H and O–H groups in total. The highest BCUT2D eigenvalue weighted by atomic mass is 16.3. The Morgan fingerprint density at radius 2 is 0.667 bits per heavy atom. The molecule has 0 aromatic carbocycles. The van der Waals surface area contributed by atoms with E-state index in [4.69, 9.17) is 0 Å². The first-order valence-electron chi connectivity index (χ1n) is 15.1. The molecule has 0 aliphatic heterocycles. The van der Waals surface area contributed by atoms with Crippen molar-refractivity contribution in [3.05, 3.63) is 0 Å². The van der Waals surface area contributed by atoms with Crippen molar-refractivity contribution in [2.75, 3.05) is 19.8 Å². The molecule has 0 spiro atoms. The molecule has 0 aliphatic carbocycles. The highest BCUT2D eigenvalue weighted by molar-refractivity contribution is 4.77. The summed E-state index contributed by atoms with van der Waals surface area (Å²) in [6.07, 6.45) is 28.6. The van der Waals surface area contributed by atoms with Gasteiger partial charge in [-0.05, 0) is 24.7 Å². The van der Waals surface area contributed by atoms with Gasteiger partial charge in [0.25, 0.3) is 0 Å². The van der Waals surface area contributed by atoms with Crippen LogP contribution in [0, 0.1) is 17.8 Å². The van der Waals surface area contributed by atoms with Gasteiger partial charge in [0.05, 0.1) is 0 Å². The zero-order valence-electron chi connectivity index (χ0n) is 22.8. The van der Waals surface area contributed by atoms with E-state index in [0.29, 0.717) is 0 Å². The topological polar surface area (TPSA) is 60.7 Å². The van der Waals surface area contributed by atoms with E-state index in [9.17, 15) is 15.3 Å². The summed E-state index contributed by atoms with van der Waals surface area (Å²) in [4.78, 5) is 0. The molecule has 200 valence electrons. The van der Waals surface area contributed by atoms with E-state index < -0.39 is 0 Å². The van der Waals surface area contributed by atoms with Crippen LogP contribution < -0.4 is 0 Å². The van der Waals surface area contributed by atoms with Gasteiger partial charge in [0.2, 0.25) is 0 Å². The number of hydrogen-bond acceptors (Lipinski definition) is 3. The fourth-order valence-electron chi connectivity index (χ4n) is 5.39. The molecule has 0 aliphatic rings. The van der Waals surface area contributed by atoms with Gasteiger partial charge in [-0.3, -0.25) is 0 Å². The van der Waals surface area contributed by atoms with E-state index in [0.717, 1.165) is 19.3 Å². The maximum absolute atomic E-state index is 10.1. The van der Waals surface area contributed by atoms with Gasteiger partial charge in [-0.1, -0.05) is 142 Å². The van der Waals surface area contributed by atoms with E-state index in [-0.39, 0.29) is 37.6 Å². The molecule has 33 heavy (non-hydrogen) atoms. The summed E-state index contributed by atoms with van der Waals surface area (Å²) < 4.78 is 0. The fourth-order valence-corrected chi connectivity index (χ4v) is 5.39. The van der Waals surface area contributed by atoms with Crippen molar-refractivity contribution in [1.82, 2.24) is 0 Å². The molecule has 0 aromatic heterocycles. The summed E-state index contributed by atoms with van der Waals surface area (Å²) in [5, 5.41) is 29.7. The first-order valence-corrected chi connectivity index (χ1v) is 15.1. The zero-order valence-corrected chi connectivity index (χ0v) is 22.8. The fraction of sp³-hybridized carbons (Fsp3) is 1.00. The monoisotopic (exact) mass is 470 g/mol. The molecule has 0 saturated heterocycles. The van der Waals surface area contributed by atoms with Crippen LogP contribution in [-0.4, -0.2) is 35.1 Å². The number of aliphatic hydroxyl groups is 3. The van der Waals surface area contributed by atoms with Gasteiger partial charge in [-0.25, -0.2) is 0 Å². The Morgan fingerprint density at radius 3 is 1.00 bits per heavy atom. The molecule has 2 unspecified atom stereocenters. The maximum Gasteiger partial charge on any atom is 0.0483 e. The second kappa shape index (κ2) is 26.5. The molecule has 0 radical (unpaired) electrons. The van der Waals surface area contributed by atoms with Gasteiger partial charge in [0.1, 0.15) is 0 Å². The summed E-state index contributed by atoms with van der Waals surface area (Å²) in [5.41, 5.74) is 0. The van der Waals surface area contributed by atoms with Crippen molar-refractivity contribution >= 4 is 0 Å². The van der Waals surface area contributed by atoms with E-state index in [2.05, 4.69) is 13.8 Å². The minimum atomic E-state index is -0.0798. The molecule has 0 bridgehead atoms. The largest absolute Gasteiger partial charge is 0.396 e. The third kappa shape index (κ3) is 19.8. The van der Waals surface area contributed by atoms with Crippen LogP contribution in [0.3, 0.4) is 0 Å². The molecule has 3 heteroatoms. The molecular weight excluding hydrogens is 408 g/mol. The highest BCUT2D eigenvalue weighted by Crippen LogP contribution is 2.31. The SMILES string of the molecule is CCCCCCCCCCCCC(CO)C(CCCCCCCCCCCC)C(CO)CO. The average molecular weight is 471 g/mol. The maximum atomic E-state index is 10.1. The Labute approximate surface area is 208 Å². The lowest BCUT2D eigenvalue weighted by Crippen LogP contribution is -2.31. The van der Waals surface area contributed by atoms with Gasteiger partial charge in [0, 0.05) is 25.7 Å². The Bertz CT molecular complexity index is 356. The Hall–Kier alpha value is -0.120. The standard InChI is InChI=1S/C30H62O3/c1-3-5-7-9-11-13-15-17-19-21-23-28(25-31)30(29(26-32)27-33)24-22-20-18-16-14-12-10-8-6-4-2/h28-33H,3-27H2,1-2H3. The lowest BCUT2D eigenvalue weighted by Gasteiger charge is -2.31. The lowest BCUT2D eigenvalue weighted by atomic mass is 9.76. The summed E-state index contributed by atoms with van der Waals surface area (Å²) in [6, 6.07) is 0. The Morgan fingerprint density at radius 1 is 0.364 bits per heavy atom. The molecule has 0 heterocycles. The van der Waals surface area contributed by atoms with Crippen molar-refractivity contribution in [3.63, 3.8) is 0 Å². The number of aliphatic hydroxyl groups excluding tert-OH is 3. The van der Waals surface area contributed by atoms with E-state index in [1.165, 1.54) is 122 Å². The van der Waals surface area contributed by atoms with Gasteiger partial charge < -0.3 is 15.3 Å². The van der Waals surface area contributed by atoms with Crippen molar-refractivity contribution in [2.45, 2.75) is 155 Å². The van der Waals surface area contributed by atoms with E-state index >= 15 is 0 Å². The predicted molar refractivity (Wildman–Crippen MR) is 145 cm³/mol. The van der Waals surface area contributed by atoms with Gasteiger partial charge in [-0.15, -0.1) is 0 Å². The van der Waals surface area contributed by atoms with Crippen LogP contribution in [0.4, 0.5) is 0 Å². The van der Waals surface area contributed by atoms with Crippen molar-refractivity contribution in [2.24, 2.45) is 17.8 Å². The second-order valence-electron chi connectivity index (χ2n) is 10.7. The summed E-state index contributed by atoms with van der Waals surface area (Å²) in [6.45, 7) is 4.80. The quantitative estimate of drug-likeness (QED) is 0.106. The van der Waals surface area contributed by atoms with Crippen LogP contribution >= 0.6 is 0 Å². The van der Waals surface area contributed by atoms with E-state index in [1.54, 1.807) is 0 Å². The third-order valence-corrected chi connectivity index (χ3v) is 7.73. The minimum absolute atomic E-state index is 0.0352. The van der Waals surface area contributed by atoms with Crippen LogP contribution in [-0.2, 0) is 0 Å². The predicted octanol–water partition coefficient (Wildman–Crippen LogP) is 8.43. The second-order valence-corrected chi connectivity index (χ2v) is 10.7. The molecule has 3 nitrogen and oxygen atoms in total. The summed E-state index contributed by atoms with van der Waals surface area (Å²) in [7, 11) is 0. The number of unbranched alkanes of at least 4 members (excludes halogenated alkanes) is 18. The van der Waals surface area contributed by atoms with Crippen LogP contribution in [0.15, 0.2) is 0 Å². The summed E-state index contributed by atoms with van der Waals surface area (Å²) >= 11 is 0. The first kappa shape index (κ1) is 32.9. The molecule has 0 amide bonds. The van der Waals surface area contributed by atoms with Gasteiger partial charge in [-0.2, -0.15) is 0 Å². The molecule has 0 rings (SSSR count). The van der Waals surface area contributed by atoms with Crippen LogP contribution in [0.25, 0.3) is 0 Å². The minimum Gasteiger partial charge on any atom is -0.396 e. The van der Waals surface area contributed by atoms with Crippen molar-refractivity contribution in [3.8, 4) is 0 Å². The van der Waals surface area contributed by atoms with E-state index in [1.807, 2.05) is 0 Å². The van der Waals surface area contributed by atoms with Crippen LogP contribution in [0.1, 0.15) is 155 Å². The van der Waals surface area contributed by atoms with Crippen molar-refractivity contribution in [1.29, 1.82) is 0 Å². The Kier molecular flexibility index (Phi) is 26.4. The average Bonchev–Trinajstić information content (AvgIpc) is 2.83. The van der Waals surface area contributed by atoms with Crippen LogP contribution in [0.5, 0.6) is 0 Å². The van der Waals surface area contributed by atoms with Gasteiger partial charge in [0.15, 0.2) is 0 Å². The third-order valence-electron chi connectivity index (χ3n) is 7.73. The number of hydrogen-bond donors (Lipinski definition) is 3. The normalized spacial score (nSPS) is 13.6. The summed E-state index contributed by atoms with van der Waals surface area (Å²) in [5.74, 6) is 0.392. The Balaban J connectivity index is 4.06. The molecule has 0 saturated carbocycles. The van der Waals surface area contributed by atoms with Crippen LogP contribution in [0.2, 0.25) is 0 Å². The smallest absolute Gasteiger partial charge is 0.0483 e. The number of rotatable bonds is 27. The van der Waals surface area contributed by atoms with Crippen molar-refractivity contribution < 1.29 is 15.3 Å². The lowest BCUT2D eigenvalue weighted by molar-refractivity contribution is 0.0467. The molecule has 0 aromatic rings. The van der Waals surface area contributed by atoms with Gasteiger partial charge >= 0.3 is 0 Å². The molecule has 2 atom stereocenters.